The van der Waals surface area contributed by atoms with E-state index < -0.39 is 11.7 Å². The van der Waals surface area contributed by atoms with E-state index in [0.717, 1.165) is 24.8 Å². The van der Waals surface area contributed by atoms with Crippen molar-refractivity contribution in [1.82, 2.24) is 5.32 Å². The lowest BCUT2D eigenvalue weighted by atomic mass is 9.82. The predicted octanol–water partition coefficient (Wildman–Crippen LogP) is 1.79. The van der Waals surface area contributed by atoms with E-state index in [1.54, 1.807) is 0 Å². The number of aliphatic hydroxyl groups excluding tert-OH is 1. The van der Waals surface area contributed by atoms with Gasteiger partial charge < -0.3 is 15.5 Å². The van der Waals surface area contributed by atoms with Crippen molar-refractivity contribution in [3.63, 3.8) is 0 Å². The third-order valence-corrected chi connectivity index (χ3v) is 4.12. The topological polar surface area (TPSA) is 69.6 Å². The Morgan fingerprint density at radius 1 is 1.19 bits per heavy atom. The average Bonchev–Trinajstić information content (AvgIpc) is 2.46. The van der Waals surface area contributed by atoms with Crippen LogP contribution in [0.1, 0.15) is 44.1 Å². The van der Waals surface area contributed by atoms with Crippen molar-refractivity contribution >= 4 is 5.91 Å². The summed E-state index contributed by atoms with van der Waals surface area (Å²) in [6.07, 6.45) is 4.58. The summed E-state index contributed by atoms with van der Waals surface area (Å²) < 4.78 is 0. The number of aliphatic hydroxyl groups is 2. The second kappa shape index (κ2) is 7.57. The number of benzene rings is 1. The fourth-order valence-electron chi connectivity index (χ4n) is 2.94. The number of hydrogen-bond donors (Lipinski definition) is 3. The molecule has 0 unspecified atom stereocenters. The smallest absolute Gasteiger partial charge is 0.222 e. The molecule has 0 spiro atoms. The molecule has 0 radical (unpaired) electrons. The normalized spacial score (nSPS) is 19.0. The van der Waals surface area contributed by atoms with E-state index in [4.69, 9.17) is 0 Å². The van der Waals surface area contributed by atoms with Crippen LogP contribution < -0.4 is 5.32 Å². The molecule has 1 amide bonds. The Morgan fingerprint density at radius 2 is 1.86 bits per heavy atom. The van der Waals surface area contributed by atoms with E-state index in [0.29, 0.717) is 19.3 Å². The Morgan fingerprint density at radius 3 is 2.52 bits per heavy atom. The summed E-state index contributed by atoms with van der Waals surface area (Å²) in [4.78, 5) is 11.9. The molecule has 1 fully saturated rings. The molecule has 2 rings (SSSR count). The van der Waals surface area contributed by atoms with Crippen molar-refractivity contribution in [2.45, 2.75) is 56.7 Å². The van der Waals surface area contributed by atoms with Crippen LogP contribution in [0.2, 0.25) is 0 Å². The highest BCUT2D eigenvalue weighted by Gasteiger charge is 2.31. The number of rotatable bonds is 6. The molecule has 0 heterocycles. The monoisotopic (exact) mass is 291 g/mol. The standard InChI is InChI=1S/C17H25NO3/c19-15(11-14-7-3-1-4-8-14)13-18-16(20)12-17(21)9-5-2-6-10-17/h1,3-4,7-8,15,19,21H,2,5-6,9-13H2,(H,18,20)/t15-/m0/s1. The molecule has 1 aromatic carbocycles. The first-order valence-electron chi connectivity index (χ1n) is 7.78. The summed E-state index contributed by atoms with van der Waals surface area (Å²) in [5, 5.41) is 23.0. The Balaban J connectivity index is 1.71. The molecule has 0 saturated heterocycles. The fourth-order valence-corrected chi connectivity index (χ4v) is 2.94. The summed E-state index contributed by atoms with van der Waals surface area (Å²) >= 11 is 0. The lowest BCUT2D eigenvalue weighted by Crippen LogP contribution is -2.40. The highest BCUT2D eigenvalue weighted by Crippen LogP contribution is 2.30. The first kappa shape index (κ1) is 16.0. The lowest BCUT2D eigenvalue weighted by molar-refractivity contribution is -0.127. The molecule has 116 valence electrons. The van der Waals surface area contributed by atoms with Gasteiger partial charge in [0, 0.05) is 13.0 Å². The maximum atomic E-state index is 11.9. The Labute approximate surface area is 126 Å². The maximum absolute atomic E-state index is 11.9. The zero-order valence-corrected chi connectivity index (χ0v) is 12.4. The summed E-state index contributed by atoms with van der Waals surface area (Å²) in [6.45, 7) is 0.226. The number of amides is 1. The zero-order chi connectivity index (χ0) is 15.1. The van der Waals surface area contributed by atoms with Gasteiger partial charge in [0.1, 0.15) is 0 Å². The highest BCUT2D eigenvalue weighted by molar-refractivity contribution is 5.77. The number of hydrogen-bond acceptors (Lipinski definition) is 3. The van der Waals surface area contributed by atoms with Gasteiger partial charge in [0.25, 0.3) is 0 Å². The minimum atomic E-state index is -0.841. The summed E-state index contributed by atoms with van der Waals surface area (Å²) in [5.74, 6) is -0.175. The molecule has 0 aliphatic heterocycles. The van der Waals surface area contributed by atoms with Crippen molar-refractivity contribution in [2.24, 2.45) is 0 Å². The van der Waals surface area contributed by atoms with E-state index in [9.17, 15) is 15.0 Å². The van der Waals surface area contributed by atoms with E-state index in [-0.39, 0.29) is 18.9 Å². The van der Waals surface area contributed by atoms with Crippen LogP contribution in [-0.4, -0.2) is 34.4 Å². The first-order valence-corrected chi connectivity index (χ1v) is 7.78. The number of carbonyl (C=O) groups excluding carboxylic acids is 1. The van der Waals surface area contributed by atoms with Crippen LogP contribution in [0.5, 0.6) is 0 Å². The van der Waals surface area contributed by atoms with Gasteiger partial charge >= 0.3 is 0 Å². The Kier molecular flexibility index (Phi) is 5.76. The maximum Gasteiger partial charge on any atom is 0.222 e. The lowest BCUT2D eigenvalue weighted by Gasteiger charge is -2.31. The largest absolute Gasteiger partial charge is 0.391 e. The molecule has 0 bridgehead atoms. The van der Waals surface area contributed by atoms with Crippen LogP contribution in [-0.2, 0) is 11.2 Å². The molecular formula is C17H25NO3. The van der Waals surface area contributed by atoms with Gasteiger partial charge in [0.2, 0.25) is 5.91 Å². The number of carbonyl (C=O) groups is 1. The van der Waals surface area contributed by atoms with Crippen LogP contribution in [0.25, 0.3) is 0 Å². The van der Waals surface area contributed by atoms with Gasteiger partial charge in [-0.15, -0.1) is 0 Å². The summed E-state index contributed by atoms with van der Waals surface area (Å²) in [7, 11) is 0. The van der Waals surface area contributed by atoms with Gasteiger partial charge in [0.15, 0.2) is 0 Å². The van der Waals surface area contributed by atoms with E-state index in [2.05, 4.69) is 5.32 Å². The van der Waals surface area contributed by atoms with E-state index >= 15 is 0 Å². The number of nitrogens with one attached hydrogen (secondary N) is 1. The minimum absolute atomic E-state index is 0.144. The minimum Gasteiger partial charge on any atom is -0.391 e. The van der Waals surface area contributed by atoms with Gasteiger partial charge in [-0.05, 0) is 18.4 Å². The zero-order valence-electron chi connectivity index (χ0n) is 12.4. The first-order chi connectivity index (χ1) is 10.1. The van der Waals surface area contributed by atoms with Crippen molar-refractivity contribution in [2.75, 3.05) is 6.54 Å². The van der Waals surface area contributed by atoms with Crippen LogP contribution in [0.4, 0.5) is 0 Å². The Bertz CT molecular complexity index is 441. The van der Waals surface area contributed by atoms with Gasteiger partial charge in [-0.3, -0.25) is 4.79 Å². The van der Waals surface area contributed by atoms with E-state index in [1.807, 2.05) is 30.3 Å². The second-order valence-electron chi connectivity index (χ2n) is 6.11. The quantitative estimate of drug-likeness (QED) is 0.748. The van der Waals surface area contributed by atoms with Gasteiger partial charge in [-0.1, -0.05) is 49.6 Å². The molecule has 1 aromatic rings. The molecule has 3 N–H and O–H groups in total. The van der Waals surface area contributed by atoms with Crippen LogP contribution in [0.3, 0.4) is 0 Å². The molecule has 21 heavy (non-hydrogen) atoms. The van der Waals surface area contributed by atoms with Crippen LogP contribution in [0, 0.1) is 0 Å². The molecule has 1 aliphatic carbocycles. The van der Waals surface area contributed by atoms with Gasteiger partial charge in [-0.2, -0.15) is 0 Å². The molecule has 1 aliphatic rings. The third-order valence-electron chi connectivity index (χ3n) is 4.12. The van der Waals surface area contributed by atoms with Crippen molar-refractivity contribution in [3.8, 4) is 0 Å². The van der Waals surface area contributed by atoms with Gasteiger partial charge in [0.05, 0.1) is 18.1 Å². The van der Waals surface area contributed by atoms with Crippen molar-refractivity contribution in [1.29, 1.82) is 0 Å². The van der Waals surface area contributed by atoms with Crippen LogP contribution in [0.15, 0.2) is 30.3 Å². The van der Waals surface area contributed by atoms with Crippen LogP contribution >= 0.6 is 0 Å². The summed E-state index contributed by atoms with van der Waals surface area (Å²) in [5.41, 5.74) is 0.206. The molecular weight excluding hydrogens is 266 g/mol. The second-order valence-corrected chi connectivity index (χ2v) is 6.11. The Hall–Kier alpha value is -1.39. The predicted molar refractivity (Wildman–Crippen MR) is 81.8 cm³/mol. The third kappa shape index (κ3) is 5.48. The molecule has 1 saturated carbocycles. The van der Waals surface area contributed by atoms with Gasteiger partial charge in [-0.25, -0.2) is 0 Å². The molecule has 1 atom stereocenters. The molecule has 4 heteroatoms. The fraction of sp³-hybridized carbons (Fsp3) is 0.588. The van der Waals surface area contributed by atoms with Crippen molar-refractivity contribution in [3.05, 3.63) is 35.9 Å². The highest BCUT2D eigenvalue weighted by atomic mass is 16.3. The summed E-state index contributed by atoms with van der Waals surface area (Å²) in [6, 6.07) is 9.70. The average molecular weight is 291 g/mol. The molecule has 0 aromatic heterocycles. The van der Waals surface area contributed by atoms with Crippen molar-refractivity contribution < 1.29 is 15.0 Å². The van der Waals surface area contributed by atoms with E-state index in [1.165, 1.54) is 0 Å². The molecule has 4 nitrogen and oxygen atoms in total. The SMILES string of the molecule is O=C(CC1(O)CCCCC1)NC[C@@H](O)Cc1ccccc1.